The third kappa shape index (κ3) is 4.32. The number of alkyl halides is 3. The zero-order chi connectivity index (χ0) is 29.2. The van der Waals surface area contributed by atoms with Crippen molar-refractivity contribution in [1.82, 2.24) is 29.1 Å². The van der Waals surface area contributed by atoms with Crippen LogP contribution in [-0.2, 0) is 24.1 Å². The average molecular weight is 579 g/mol. The second-order valence-corrected chi connectivity index (χ2v) is 11.2. The van der Waals surface area contributed by atoms with E-state index in [1.807, 2.05) is 33.4 Å². The molecule has 0 unspecified atom stereocenters. The van der Waals surface area contributed by atoms with Crippen molar-refractivity contribution >= 4 is 39.6 Å². The zero-order valence-electron chi connectivity index (χ0n) is 22.7. The van der Waals surface area contributed by atoms with E-state index in [-0.39, 0.29) is 37.4 Å². The minimum Gasteiger partial charge on any atom is -0.396 e. The van der Waals surface area contributed by atoms with E-state index >= 15 is 0 Å². The Balaban J connectivity index is 1.34. The topological polar surface area (TPSA) is 95.1 Å². The maximum atomic E-state index is 14.2. The Morgan fingerprint density at radius 2 is 1.90 bits per heavy atom. The minimum atomic E-state index is -4.62. The van der Waals surface area contributed by atoms with Crippen molar-refractivity contribution in [3.8, 4) is 0 Å². The fraction of sp³-hybridized carbons (Fsp3) is 0.367. The van der Waals surface area contributed by atoms with Crippen LogP contribution >= 0.6 is 0 Å². The van der Waals surface area contributed by atoms with Gasteiger partial charge < -0.3 is 24.8 Å². The largest absolute Gasteiger partial charge is 0.416 e. The molecule has 0 saturated carbocycles. The van der Waals surface area contributed by atoms with Gasteiger partial charge in [0.25, 0.3) is 0 Å². The van der Waals surface area contributed by atoms with Crippen molar-refractivity contribution in [2.24, 2.45) is 5.92 Å². The van der Waals surface area contributed by atoms with Crippen LogP contribution in [0.4, 0.5) is 18.0 Å². The number of urea groups is 1. The van der Waals surface area contributed by atoms with Crippen LogP contribution in [0.2, 0.25) is 0 Å². The van der Waals surface area contributed by atoms with E-state index in [0.717, 1.165) is 12.1 Å². The number of likely N-dealkylation sites (tertiary alicyclic amines) is 1. The molecule has 0 aliphatic carbocycles. The number of hydrogen-bond acceptors (Lipinski definition) is 5. The number of halogens is 3. The lowest BCUT2D eigenvalue weighted by atomic mass is 9.97. The van der Waals surface area contributed by atoms with Crippen molar-refractivity contribution in [3.05, 3.63) is 71.3 Å². The van der Waals surface area contributed by atoms with Crippen LogP contribution in [0.15, 0.2) is 48.9 Å². The van der Waals surface area contributed by atoms with E-state index in [9.17, 15) is 27.9 Å². The molecule has 9 nitrogen and oxygen atoms in total. The number of nitrogens with zero attached hydrogens (tertiary/aromatic N) is 5. The first-order valence-electron chi connectivity index (χ1n) is 14.0. The van der Waals surface area contributed by atoms with Gasteiger partial charge in [-0.2, -0.15) is 13.2 Å². The van der Waals surface area contributed by atoms with Gasteiger partial charge in [0.2, 0.25) is 0 Å². The first-order chi connectivity index (χ1) is 20.2. The van der Waals surface area contributed by atoms with Crippen molar-refractivity contribution < 1.29 is 27.9 Å². The summed E-state index contributed by atoms with van der Waals surface area (Å²) >= 11 is 0. The van der Waals surface area contributed by atoms with Gasteiger partial charge in [-0.25, -0.2) is 9.78 Å². The second kappa shape index (κ2) is 9.90. The molecular formula is C30H29F3N6O3. The quantitative estimate of drug-likeness (QED) is 0.384. The Morgan fingerprint density at radius 1 is 1.10 bits per heavy atom. The van der Waals surface area contributed by atoms with E-state index in [4.69, 9.17) is 0 Å². The van der Waals surface area contributed by atoms with E-state index in [2.05, 4.69) is 10.3 Å². The first-order valence-corrected chi connectivity index (χ1v) is 14.0. The predicted octanol–water partition coefficient (Wildman–Crippen LogP) is 3.99. The molecular weight excluding hydrogens is 549 g/mol. The molecule has 3 aliphatic rings. The van der Waals surface area contributed by atoms with Crippen LogP contribution in [0.1, 0.15) is 35.2 Å². The highest BCUT2D eigenvalue weighted by Crippen LogP contribution is 2.41. The molecule has 12 heteroatoms. The Kier molecular flexibility index (Phi) is 6.26. The number of aliphatic hydroxyl groups is 1. The fourth-order valence-electron chi connectivity index (χ4n) is 6.48. The van der Waals surface area contributed by atoms with E-state index in [1.165, 1.54) is 0 Å². The number of nitrogens with one attached hydrogen (secondary N) is 1. The molecule has 0 bridgehead atoms. The van der Waals surface area contributed by atoms with Gasteiger partial charge in [-0.3, -0.25) is 9.20 Å². The van der Waals surface area contributed by atoms with Gasteiger partial charge in [0, 0.05) is 62.7 Å². The number of fused-ring (bicyclic) bond motifs is 1. The molecule has 1 aromatic carbocycles. The summed E-state index contributed by atoms with van der Waals surface area (Å²) in [6.07, 6.45) is 2.00. The fourth-order valence-corrected chi connectivity index (χ4v) is 6.48. The van der Waals surface area contributed by atoms with E-state index in [1.54, 1.807) is 22.2 Å². The molecule has 42 heavy (non-hydrogen) atoms. The highest BCUT2D eigenvalue weighted by atomic mass is 19.4. The predicted molar refractivity (Wildman–Crippen MR) is 149 cm³/mol. The van der Waals surface area contributed by atoms with Crippen LogP contribution in [0, 0.1) is 5.92 Å². The zero-order valence-corrected chi connectivity index (χ0v) is 22.7. The summed E-state index contributed by atoms with van der Waals surface area (Å²) in [5, 5.41) is 12.9. The molecule has 6 heterocycles. The molecule has 1 saturated heterocycles. The number of pyridine rings is 1. The van der Waals surface area contributed by atoms with Gasteiger partial charge in [-0.1, -0.05) is 6.07 Å². The number of hydrogen-bond donors (Lipinski definition) is 2. The Labute approximate surface area is 238 Å². The number of piperidine rings is 1. The number of aromatic nitrogens is 3. The molecule has 0 atom stereocenters. The summed E-state index contributed by atoms with van der Waals surface area (Å²) < 4.78 is 46.4. The van der Waals surface area contributed by atoms with Crippen LogP contribution < -0.4 is 5.32 Å². The van der Waals surface area contributed by atoms with Crippen LogP contribution in [-0.4, -0.2) is 73.5 Å². The normalized spacial score (nSPS) is 18.3. The Bertz CT molecular complexity index is 1760. The first kappa shape index (κ1) is 26.6. The highest BCUT2D eigenvalue weighted by molar-refractivity contribution is 6.33. The van der Waals surface area contributed by atoms with Crippen molar-refractivity contribution in [3.63, 3.8) is 0 Å². The number of rotatable bonds is 3. The number of carbonyl (C=O) groups excluding carboxylic acids is 2. The molecule has 7 rings (SSSR count). The van der Waals surface area contributed by atoms with Gasteiger partial charge in [0.05, 0.1) is 40.8 Å². The lowest BCUT2D eigenvalue weighted by Gasteiger charge is -2.35. The Hall–Kier alpha value is -4.32. The van der Waals surface area contributed by atoms with E-state index in [0.29, 0.717) is 83.7 Å². The lowest BCUT2D eigenvalue weighted by Crippen LogP contribution is -2.47. The molecule has 2 amide bonds. The standard InChI is InChI=1S/C30H29F3N6O3/c31-30(32,33)20-11-19-15-38(29(42)36-7-4-18(17-40)5-8-36)10-9-37-16-22(21(12-20)28(19)37)26-24(41)14-35-27(26)23-13-34-25-3-1-2-6-39(23)25/h1-3,6,11-13,16,18,35,40H,4-5,7-10,14-15,17H2. The average Bonchev–Trinajstić information content (AvgIpc) is 3.65. The maximum absolute atomic E-state index is 14.2. The molecule has 4 aromatic rings. The number of benzene rings is 1. The SMILES string of the molecule is O=C1CNC(c2cnc3ccccn23)=C1c1cn2c3c(cc(C(F)(F)F)cc13)CN(C(=O)N1CCC(CO)CC1)CC2. The number of imidazole rings is 1. The van der Waals surface area contributed by atoms with Gasteiger partial charge in [0.15, 0.2) is 5.78 Å². The van der Waals surface area contributed by atoms with Gasteiger partial charge in [0.1, 0.15) is 5.65 Å². The van der Waals surface area contributed by atoms with E-state index < -0.39 is 11.7 Å². The van der Waals surface area contributed by atoms with Crippen LogP contribution in [0.5, 0.6) is 0 Å². The highest BCUT2D eigenvalue weighted by Gasteiger charge is 2.36. The number of carbonyl (C=O) groups is 2. The summed E-state index contributed by atoms with van der Waals surface area (Å²) in [6, 6.07) is 7.56. The second-order valence-electron chi connectivity index (χ2n) is 11.2. The summed E-state index contributed by atoms with van der Waals surface area (Å²) in [4.78, 5) is 34.5. The monoisotopic (exact) mass is 578 g/mol. The van der Waals surface area contributed by atoms with Crippen molar-refractivity contribution in [2.45, 2.75) is 32.1 Å². The van der Waals surface area contributed by atoms with Gasteiger partial charge in [-0.05, 0) is 48.6 Å². The molecule has 1 fully saturated rings. The number of aliphatic hydroxyl groups excluding tert-OH is 1. The van der Waals surface area contributed by atoms with Crippen LogP contribution in [0.25, 0.3) is 27.8 Å². The summed E-state index contributed by atoms with van der Waals surface area (Å²) in [5.74, 6) is -0.0537. The smallest absolute Gasteiger partial charge is 0.396 e. The molecule has 2 N–H and O–H groups in total. The summed E-state index contributed by atoms with van der Waals surface area (Å²) in [6.45, 7) is 1.82. The third-order valence-corrected chi connectivity index (χ3v) is 8.66. The number of ketones is 1. The molecule has 0 spiro atoms. The molecule has 0 radical (unpaired) electrons. The van der Waals surface area contributed by atoms with Crippen molar-refractivity contribution in [2.75, 3.05) is 32.8 Å². The maximum Gasteiger partial charge on any atom is 0.416 e. The molecule has 3 aliphatic heterocycles. The minimum absolute atomic E-state index is 0.0218. The summed E-state index contributed by atoms with van der Waals surface area (Å²) in [7, 11) is 0. The summed E-state index contributed by atoms with van der Waals surface area (Å²) in [5.41, 5.74) is 2.77. The third-order valence-electron chi connectivity index (χ3n) is 8.66. The molecule has 218 valence electrons. The number of amides is 2. The van der Waals surface area contributed by atoms with Crippen LogP contribution in [0.3, 0.4) is 0 Å². The van der Waals surface area contributed by atoms with Gasteiger partial charge in [-0.15, -0.1) is 0 Å². The lowest BCUT2D eigenvalue weighted by molar-refractivity contribution is -0.137. The number of Topliss-reactive ketones (excluding diaryl/α,β-unsaturated/α-hetero) is 1. The van der Waals surface area contributed by atoms with Crippen molar-refractivity contribution in [1.29, 1.82) is 0 Å². The molecule has 3 aromatic heterocycles. The Morgan fingerprint density at radius 3 is 2.67 bits per heavy atom. The van der Waals surface area contributed by atoms with Gasteiger partial charge >= 0.3 is 12.2 Å².